The van der Waals surface area contributed by atoms with Crippen molar-refractivity contribution in [3.63, 3.8) is 0 Å². The van der Waals surface area contributed by atoms with Crippen LogP contribution in [-0.4, -0.2) is 30.5 Å². The van der Waals surface area contributed by atoms with Crippen molar-refractivity contribution in [3.8, 4) is 0 Å². The van der Waals surface area contributed by atoms with Crippen LogP contribution in [0.15, 0.2) is 53.6 Å². The minimum Gasteiger partial charge on any atom is -0.365 e. The Labute approximate surface area is 187 Å². The number of nitrogens with one attached hydrogen (secondary N) is 3. The van der Waals surface area contributed by atoms with Crippen LogP contribution in [0.25, 0.3) is 0 Å². The lowest BCUT2D eigenvalue weighted by Crippen LogP contribution is -2.14. The third kappa shape index (κ3) is 5.06. The number of benzene rings is 2. The number of anilines is 4. The summed E-state index contributed by atoms with van der Waals surface area (Å²) in [6.45, 7) is -0.0975. The Hall–Kier alpha value is -3.67. The van der Waals surface area contributed by atoms with E-state index < -0.39 is 27.4 Å². The van der Waals surface area contributed by atoms with Gasteiger partial charge >= 0.3 is 6.18 Å². The number of carbonyl (C=O) groups excluding carboxylic acids is 1. The van der Waals surface area contributed by atoms with Crippen molar-refractivity contribution in [1.29, 1.82) is 0 Å². The molecule has 12 heteroatoms. The van der Waals surface area contributed by atoms with E-state index >= 15 is 0 Å². The number of nitrogens with zero attached hydrogens (tertiary/aromatic N) is 2. The van der Waals surface area contributed by atoms with E-state index in [1.54, 1.807) is 24.3 Å². The van der Waals surface area contributed by atoms with Crippen LogP contribution in [0.4, 0.5) is 36.3 Å². The average Bonchev–Trinajstić information content (AvgIpc) is 3.12. The summed E-state index contributed by atoms with van der Waals surface area (Å²) in [5, 5.41) is 8.17. The summed E-state index contributed by atoms with van der Waals surface area (Å²) in [6.07, 6.45) is -2.80. The topological polar surface area (TPSA) is 113 Å². The van der Waals surface area contributed by atoms with Gasteiger partial charge in [0.25, 0.3) is 0 Å². The van der Waals surface area contributed by atoms with E-state index in [0.717, 1.165) is 11.8 Å². The molecule has 0 spiro atoms. The van der Waals surface area contributed by atoms with Gasteiger partial charge in [-0.25, -0.2) is 13.4 Å². The van der Waals surface area contributed by atoms with Gasteiger partial charge in [0, 0.05) is 19.0 Å². The maximum Gasteiger partial charge on any atom is 0.421 e. The van der Waals surface area contributed by atoms with Crippen LogP contribution in [0.2, 0.25) is 0 Å². The highest BCUT2D eigenvalue weighted by atomic mass is 32.2. The standard InChI is InChI=1S/C21H18F3N5O3S/c1-33(31,32)14-6-2-4-12(8-14)10-25-19-15(21(22,23)24)11-26-20(29-19)27-16-7-3-5-13-9-17(30)28-18(13)16/h2-8,11H,9-10H2,1H3,(H,28,30)(H2,25,26,27,29). The Morgan fingerprint density at radius 3 is 2.64 bits per heavy atom. The molecule has 1 aromatic heterocycles. The van der Waals surface area contributed by atoms with E-state index in [4.69, 9.17) is 0 Å². The second kappa shape index (κ2) is 8.35. The molecule has 172 valence electrons. The lowest BCUT2D eigenvalue weighted by molar-refractivity contribution is -0.137. The Balaban J connectivity index is 1.62. The smallest absolute Gasteiger partial charge is 0.365 e. The number of para-hydroxylation sites is 1. The number of halogens is 3. The first-order valence-electron chi connectivity index (χ1n) is 9.66. The van der Waals surface area contributed by atoms with Crippen LogP contribution in [0.3, 0.4) is 0 Å². The molecule has 2 heterocycles. The molecule has 33 heavy (non-hydrogen) atoms. The minimum absolute atomic E-state index is 0.0582. The van der Waals surface area contributed by atoms with Gasteiger partial charge < -0.3 is 16.0 Å². The first-order valence-corrected chi connectivity index (χ1v) is 11.6. The highest BCUT2D eigenvalue weighted by Crippen LogP contribution is 2.36. The molecule has 0 saturated heterocycles. The number of hydrogen-bond acceptors (Lipinski definition) is 7. The Morgan fingerprint density at radius 2 is 1.91 bits per heavy atom. The molecule has 4 rings (SSSR count). The summed E-state index contributed by atoms with van der Waals surface area (Å²) >= 11 is 0. The number of hydrogen-bond donors (Lipinski definition) is 3. The zero-order valence-electron chi connectivity index (χ0n) is 17.2. The molecule has 0 unspecified atom stereocenters. The van der Waals surface area contributed by atoms with Gasteiger partial charge in [-0.2, -0.15) is 18.2 Å². The maximum atomic E-state index is 13.5. The zero-order chi connectivity index (χ0) is 23.8. The van der Waals surface area contributed by atoms with Gasteiger partial charge in [0.05, 0.1) is 22.7 Å². The quantitative estimate of drug-likeness (QED) is 0.496. The van der Waals surface area contributed by atoms with Crippen molar-refractivity contribution < 1.29 is 26.4 Å². The Kier molecular flexibility index (Phi) is 5.70. The highest BCUT2D eigenvalue weighted by molar-refractivity contribution is 7.90. The van der Waals surface area contributed by atoms with Gasteiger partial charge in [0.1, 0.15) is 11.4 Å². The second-order valence-electron chi connectivity index (χ2n) is 7.42. The lowest BCUT2D eigenvalue weighted by atomic mass is 10.1. The van der Waals surface area contributed by atoms with Crippen LogP contribution < -0.4 is 16.0 Å². The van der Waals surface area contributed by atoms with E-state index in [0.29, 0.717) is 23.1 Å². The molecule has 1 aliphatic heterocycles. The number of amides is 1. The maximum absolute atomic E-state index is 13.5. The van der Waals surface area contributed by atoms with E-state index in [1.165, 1.54) is 18.2 Å². The van der Waals surface area contributed by atoms with E-state index in [2.05, 4.69) is 25.9 Å². The summed E-state index contributed by atoms with van der Waals surface area (Å²) in [7, 11) is -3.46. The third-order valence-electron chi connectivity index (χ3n) is 4.89. The molecule has 0 atom stereocenters. The number of rotatable bonds is 6. The van der Waals surface area contributed by atoms with Gasteiger partial charge in [-0.3, -0.25) is 4.79 Å². The predicted octanol–water partition coefficient (Wildman–Crippen LogP) is 3.75. The molecule has 0 aliphatic carbocycles. The summed E-state index contributed by atoms with van der Waals surface area (Å²) < 4.78 is 64.0. The van der Waals surface area contributed by atoms with Crippen molar-refractivity contribution >= 4 is 38.9 Å². The number of aromatic nitrogens is 2. The Morgan fingerprint density at radius 1 is 1.15 bits per heavy atom. The molecular formula is C21H18F3N5O3S. The van der Waals surface area contributed by atoms with Crippen molar-refractivity contribution in [1.82, 2.24) is 9.97 Å². The second-order valence-corrected chi connectivity index (χ2v) is 9.43. The fourth-order valence-electron chi connectivity index (χ4n) is 3.33. The van der Waals surface area contributed by atoms with Gasteiger partial charge in [0.2, 0.25) is 11.9 Å². The molecule has 1 aliphatic rings. The average molecular weight is 477 g/mol. The summed E-state index contributed by atoms with van der Waals surface area (Å²) in [6, 6.07) is 11.0. The molecular weight excluding hydrogens is 459 g/mol. The molecule has 8 nitrogen and oxygen atoms in total. The monoisotopic (exact) mass is 477 g/mol. The fourth-order valence-corrected chi connectivity index (χ4v) is 4.02. The molecule has 0 fully saturated rings. The van der Waals surface area contributed by atoms with Gasteiger partial charge in [-0.1, -0.05) is 24.3 Å². The van der Waals surface area contributed by atoms with E-state index in [1.807, 2.05) is 0 Å². The van der Waals surface area contributed by atoms with Crippen LogP contribution in [-0.2, 0) is 33.8 Å². The SMILES string of the molecule is CS(=O)(=O)c1cccc(CNc2nc(Nc3cccc4c3NC(=O)C4)ncc2C(F)(F)F)c1. The molecule has 3 aromatic rings. The van der Waals surface area contributed by atoms with Crippen LogP contribution in [0.1, 0.15) is 16.7 Å². The number of fused-ring (bicyclic) bond motifs is 1. The molecule has 0 bridgehead atoms. The number of carbonyl (C=O) groups is 1. The molecule has 3 N–H and O–H groups in total. The van der Waals surface area contributed by atoms with Crippen LogP contribution >= 0.6 is 0 Å². The van der Waals surface area contributed by atoms with E-state index in [9.17, 15) is 26.4 Å². The summed E-state index contributed by atoms with van der Waals surface area (Å²) in [4.78, 5) is 19.5. The first-order chi connectivity index (χ1) is 15.5. The van der Waals surface area contributed by atoms with Crippen LogP contribution in [0.5, 0.6) is 0 Å². The van der Waals surface area contributed by atoms with Gasteiger partial charge in [-0.15, -0.1) is 0 Å². The van der Waals surface area contributed by atoms with Crippen LogP contribution in [0, 0.1) is 0 Å². The molecule has 1 amide bonds. The Bertz CT molecular complexity index is 1340. The fraction of sp³-hybridized carbons (Fsp3) is 0.190. The summed E-state index contributed by atoms with van der Waals surface area (Å²) in [5.74, 6) is -0.766. The normalized spacial score (nSPS) is 13.4. The predicted molar refractivity (Wildman–Crippen MR) is 116 cm³/mol. The van der Waals surface area contributed by atoms with Crippen molar-refractivity contribution in [2.45, 2.75) is 24.0 Å². The largest absolute Gasteiger partial charge is 0.421 e. The first kappa shape index (κ1) is 22.5. The number of sulfone groups is 1. The van der Waals surface area contributed by atoms with Gasteiger partial charge in [0.15, 0.2) is 9.84 Å². The third-order valence-corrected chi connectivity index (χ3v) is 6.00. The van der Waals surface area contributed by atoms with Crippen molar-refractivity contribution in [3.05, 3.63) is 65.4 Å². The molecule has 0 radical (unpaired) electrons. The highest BCUT2D eigenvalue weighted by Gasteiger charge is 2.35. The number of alkyl halides is 3. The zero-order valence-corrected chi connectivity index (χ0v) is 18.0. The van der Waals surface area contributed by atoms with Gasteiger partial charge in [-0.05, 0) is 29.3 Å². The molecule has 2 aromatic carbocycles. The molecule has 0 saturated carbocycles. The lowest BCUT2D eigenvalue weighted by Gasteiger charge is -2.16. The van der Waals surface area contributed by atoms with Crippen molar-refractivity contribution in [2.75, 3.05) is 22.2 Å². The van der Waals surface area contributed by atoms with Crippen molar-refractivity contribution in [2.24, 2.45) is 0 Å². The van der Waals surface area contributed by atoms with E-state index in [-0.39, 0.29) is 29.7 Å². The minimum atomic E-state index is -4.71. The summed E-state index contributed by atoms with van der Waals surface area (Å²) in [5.41, 5.74) is 1.12.